The van der Waals surface area contributed by atoms with Gasteiger partial charge in [-0.2, -0.15) is 9.78 Å². The van der Waals surface area contributed by atoms with Gasteiger partial charge in [-0.1, -0.05) is 12.1 Å². The van der Waals surface area contributed by atoms with Gasteiger partial charge in [-0.05, 0) is 31.2 Å². The topological polar surface area (TPSA) is 100 Å². The summed E-state index contributed by atoms with van der Waals surface area (Å²) in [6, 6.07) is 12.3. The second-order valence-electron chi connectivity index (χ2n) is 6.42. The van der Waals surface area contributed by atoms with Crippen LogP contribution in [-0.4, -0.2) is 47.0 Å². The molecular formula is C21H20N4O5. The summed E-state index contributed by atoms with van der Waals surface area (Å²) in [5.41, 5.74) is 2.53. The first-order valence-electron chi connectivity index (χ1n) is 9.08. The molecule has 4 rings (SSSR count). The van der Waals surface area contributed by atoms with Crippen LogP contribution in [0.5, 0.6) is 23.1 Å². The van der Waals surface area contributed by atoms with E-state index in [1.54, 1.807) is 13.0 Å². The first-order chi connectivity index (χ1) is 14.5. The van der Waals surface area contributed by atoms with Crippen molar-refractivity contribution in [1.29, 1.82) is 0 Å². The fraction of sp³-hybridized carbons (Fsp3) is 0.190. The number of hydrogen-bond donors (Lipinski definition) is 1. The Morgan fingerprint density at radius 2 is 1.70 bits per heavy atom. The van der Waals surface area contributed by atoms with Gasteiger partial charge in [0.2, 0.25) is 17.6 Å². The van der Waals surface area contributed by atoms with Gasteiger partial charge < -0.3 is 23.9 Å². The molecule has 0 atom stereocenters. The highest BCUT2D eigenvalue weighted by atomic mass is 16.5. The third-order valence-corrected chi connectivity index (χ3v) is 4.47. The zero-order valence-corrected chi connectivity index (χ0v) is 16.9. The molecule has 0 fully saturated rings. The van der Waals surface area contributed by atoms with E-state index in [1.165, 1.54) is 38.1 Å². The van der Waals surface area contributed by atoms with Gasteiger partial charge in [-0.25, -0.2) is 9.78 Å². The number of carbonyl (C=O) groups is 1. The lowest BCUT2D eigenvalue weighted by Crippen LogP contribution is -2.13. The van der Waals surface area contributed by atoms with Crippen molar-refractivity contribution < 1.29 is 23.7 Å². The van der Waals surface area contributed by atoms with Crippen LogP contribution < -0.4 is 18.9 Å². The van der Waals surface area contributed by atoms with Crippen LogP contribution in [0, 0.1) is 6.92 Å². The van der Waals surface area contributed by atoms with Crippen LogP contribution in [-0.2, 0) is 0 Å². The lowest BCUT2D eigenvalue weighted by molar-refractivity contribution is 0.0721. The number of nitrogens with one attached hydrogen (secondary N) is 1. The minimum atomic E-state index is -0.605. The number of nitrogens with zero attached hydrogens (tertiary/aromatic N) is 3. The van der Waals surface area contributed by atoms with Gasteiger partial charge in [-0.3, -0.25) is 0 Å². The van der Waals surface area contributed by atoms with E-state index in [9.17, 15) is 4.79 Å². The molecule has 30 heavy (non-hydrogen) atoms. The fourth-order valence-corrected chi connectivity index (χ4v) is 3.09. The Balaban J connectivity index is 1.69. The largest absolute Gasteiger partial charge is 0.493 e. The molecule has 9 heteroatoms. The maximum absolute atomic E-state index is 12.9. The molecule has 154 valence electrons. The summed E-state index contributed by atoms with van der Waals surface area (Å²) in [6.45, 7) is 1.80. The van der Waals surface area contributed by atoms with Crippen LogP contribution in [0.3, 0.4) is 0 Å². The Bertz CT molecular complexity index is 1170. The molecule has 1 N–H and O–H groups in total. The Kier molecular flexibility index (Phi) is 5.01. The van der Waals surface area contributed by atoms with Crippen LogP contribution in [0.4, 0.5) is 0 Å². The highest BCUT2D eigenvalue weighted by molar-refractivity contribution is 5.92. The molecule has 0 aliphatic heterocycles. The second kappa shape index (κ2) is 7.78. The van der Waals surface area contributed by atoms with Crippen LogP contribution in [0.15, 0.2) is 42.5 Å². The number of esters is 1. The average molecular weight is 408 g/mol. The molecule has 0 aliphatic rings. The molecule has 0 saturated heterocycles. The van der Waals surface area contributed by atoms with Crippen LogP contribution in [0.1, 0.15) is 16.1 Å². The Labute approximate surface area is 172 Å². The molecule has 0 unspecified atom stereocenters. The second-order valence-corrected chi connectivity index (χ2v) is 6.42. The number of benzene rings is 2. The van der Waals surface area contributed by atoms with Crippen LogP contribution in [0.25, 0.3) is 17.0 Å². The van der Waals surface area contributed by atoms with E-state index in [0.717, 1.165) is 11.0 Å². The maximum atomic E-state index is 12.9. The highest BCUT2D eigenvalue weighted by Crippen LogP contribution is 2.38. The summed E-state index contributed by atoms with van der Waals surface area (Å²) in [5, 5.41) is 4.39. The molecule has 2 aromatic carbocycles. The number of para-hydroxylation sites is 2. The molecule has 0 bridgehead atoms. The normalized spacial score (nSPS) is 10.8. The summed E-state index contributed by atoms with van der Waals surface area (Å²) in [4.78, 5) is 20.6. The van der Waals surface area contributed by atoms with Crippen molar-refractivity contribution in [3.8, 4) is 29.1 Å². The van der Waals surface area contributed by atoms with E-state index in [0.29, 0.717) is 28.9 Å². The number of ether oxygens (including phenoxy) is 4. The van der Waals surface area contributed by atoms with Gasteiger partial charge in [-0.15, -0.1) is 0 Å². The number of imidazole rings is 1. The average Bonchev–Trinajstić information content (AvgIpc) is 3.35. The summed E-state index contributed by atoms with van der Waals surface area (Å²) >= 11 is 0. The van der Waals surface area contributed by atoms with Crippen molar-refractivity contribution in [2.45, 2.75) is 6.92 Å². The number of rotatable bonds is 6. The van der Waals surface area contributed by atoms with Gasteiger partial charge in [0.15, 0.2) is 11.5 Å². The number of aromatic nitrogens is 4. The molecule has 0 amide bonds. The van der Waals surface area contributed by atoms with Gasteiger partial charge in [0.1, 0.15) is 0 Å². The standard InChI is InChI=1S/C21H20N4O5/c1-12-9-18(25(24-12)21-22-14-7-5-6-8-15(14)23-21)30-20(26)13-10-16(27-2)19(29-4)17(11-13)28-3/h5-11H,1-4H3,(H,22,23). The van der Waals surface area contributed by atoms with E-state index in [2.05, 4.69) is 15.1 Å². The number of hydrogen-bond acceptors (Lipinski definition) is 7. The van der Waals surface area contributed by atoms with E-state index in [1.807, 2.05) is 24.3 Å². The first kappa shape index (κ1) is 19.3. The molecular weight excluding hydrogens is 388 g/mol. The molecule has 0 aliphatic carbocycles. The Hall–Kier alpha value is -4.01. The van der Waals surface area contributed by atoms with E-state index < -0.39 is 5.97 Å². The third kappa shape index (κ3) is 3.41. The van der Waals surface area contributed by atoms with E-state index >= 15 is 0 Å². The summed E-state index contributed by atoms with van der Waals surface area (Å²) in [5.74, 6) is 1.16. The number of aromatic amines is 1. The smallest absolute Gasteiger partial charge is 0.345 e. The van der Waals surface area contributed by atoms with Crippen molar-refractivity contribution in [2.24, 2.45) is 0 Å². The predicted molar refractivity (Wildman–Crippen MR) is 109 cm³/mol. The number of fused-ring (bicyclic) bond motifs is 1. The van der Waals surface area contributed by atoms with E-state index in [4.69, 9.17) is 18.9 Å². The molecule has 0 radical (unpaired) electrons. The van der Waals surface area contributed by atoms with Crippen LogP contribution in [0.2, 0.25) is 0 Å². The van der Waals surface area contributed by atoms with Crippen molar-refractivity contribution >= 4 is 17.0 Å². The van der Waals surface area contributed by atoms with Gasteiger partial charge in [0.25, 0.3) is 0 Å². The van der Waals surface area contributed by atoms with Crippen molar-refractivity contribution in [3.05, 3.63) is 53.7 Å². The lowest BCUT2D eigenvalue weighted by atomic mass is 10.2. The fourth-order valence-electron chi connectivity index (χ4n) is 3.09. The van der Waals surface area contributed by atoms with Crippen molar-refractivity contribution in [2.75, 3.05) is 21.3 Å². The molecule has 2 aromatic heterocycles. The molecule has 0 saturated carbocycles. The number of H-pyrrole nitrogens is 1. The van der Waals surface area contributed by atoms with Crippen molar-refractivity contribution in [1.82, 2.24) is 19.7 Å². The minimum absolute atomic E-state index is 0.227. The van der Waals surface area contributed by atoms with Gasteiger partial charge in [0.05, 0.1) is 43.6 Å². The van der Waals surface area contributed by atoms with Gasteiger partial charge in [0, 0.05) is 6.07 Å². The molecule has 4 aromatic rings. The molecule has 9 nitrogen and oxygen atoms in total. The highest BCUT2D eigenvalue weighted by Gasteiger charge is 2.21. The summed E-state index contributed by atoms with van der Waals surface area (Å²) in [7, 11) is 4.45. The van der Waals surface area contributed by atoms with Crippen molar-refractivity contribution in [3.63, 3.8) is 0 Å². The zero-order valence-electron chi connectivity index (χ0n) is 16.9. The Morgan fingerprint density at radius 3 is 2.33 bits per heavy atom. The first-order valence-corrected chi connectivity index (χ1v) is 9.08. The minimum Gasteiger partial charge on any atom is -0.493 e. The number of carbonyl (C=O) groups excluding carboxylic acids is 1. The number of methoxy groups -OCH3 is 3. The third-order valence-electron chi connectivity index (χ3n) is 4.47. The summed E-state index contributed by atoms with van der Waals surface area (Å²) < 4.78 is 23.0. The SMILES string of the molecule is COc1cc(C(=O)Oc2cc(C)nn2-c2nc3ccccc3[nH]2)cc(OC)c1OC. The van der Waals surface area contributed by atoms with Gasteiger partial charge >= 0.3 is 5.97 Å². The predicted octanol–water partition coefficient (Wildman–Crippen LogP) is 3.30. The Morgan fingerprint density at radius 1 is 1.00 bits per heavy atom. The summed E-state index contributed by atoms with van der Waals surface area (Å²) in [6.07, 6.45) is 0. The van der Waals surface area contributed by atoms with Crippen LogP contribution >= 0.6 is 0 Å². The maximum Gasteiger partial charge on any atom is 0.345 e. The quantitative estimate of drug-likeness (QED) is 0.489. The number of aryl methyl sites for hydroxylation is 1. The van der Waals surface area contributed by atoms with E-state index in [-0.39, 0.29) is 11.4 Å². The molecule has 2 heterocycles. The molecule has 0 spiro atoms. The zero-order chi connectivity index (χ0) is 21.3. The lowest BCUT2D eigenvalue weighted by Gasteiger charge is -2.13. The monoisotopic (exact) mass is 408 g/mol.